The van der Waals surface area contributed by atoms with Crippen LogP contribution in [0.1, 0.15) is 10.4 Å². The van der Waals surface area contributed by atoms with Crippen molar-refractivity contribution in [3.8, 4) is 5.75 Å². The van der Waals surface area contributed by atoms with Crippen molar-refractivity contribution in [1.29, 1.82) is 0 Å². The molecule has 0 unspecified atom stereocenters. The Morgan fingerprint density at radius 1 is 1.09 bits per heavy atom. The number of nitrogens with one attached hydrogen (secondary N) is 2. The number of urea groups is 1. The first-order valence-corrected chi connectivity index (χ1v) is 6.80. The second-order valence-corrected chi connectivity index (χ2v) is 4.60. The van der Waals surface area contributed by atoms with Crippen LogP contribution in [0.2, 0.25) is 0 Å². The van der Waals surface area contributed by atoms with E-state index in [2.05, 4.69) is 10.6 Å². The van der Waals surface area contributed by atoms with E-state index in [-0.39, 0.29) is 11.3 Å². The lowest BCUT2D eigenvalue weighted by Crippen LogP contribution is -2.40. The Labute approximate surface area is 132 Å². The molecular weight excluding hydrogens is 300 g/mol. The van der Waals surface area contributed by atoms with Crippen molar-refractivity contribution in [2.24, 2.45) is 0 Å². The molecule has 2 rings (SSSR count). The molecule has 0 aliphatic heterocycles. The maximum Gasteiger partial charge on any atom is 0.341 e. The van der Waals surface area contributed by atoms with Crippen LogP contribution in [0.15, 0.2) is 36.4 Å². The predicted octanol–water partition coefficient (Wildman–Crippen LogP) is 1.46. The number of benzene rings is 2. The second-order valence-electron chi connectivity index (χ2n) is 4.60. The van der Waals surface area contributed by atoms with Crippen LogP contribution in [0.3, 0.4) is 0 Å². The van der Waals surface area contributed by atoms with Crippen molar-refractivity contribution in [1.82, 2.24) is 10.6 Å². The number of fused-ring (bicyclic) bond motifs is 1. The first-order valence-electron chi connectivity index (χ1n) is 6.80. The molecule has 0 atom stereocenters. The summed E-state index contributed by atoms with van der Waals surface area (Å²) >= 11 is 0. The van der Waals surface area contributed by atoms with E-state index in [1.54, 1.807) is 12.1 Å². The maximum absolute atomic E-state index is 11.9. The number of hydrogen-bond acceptors (Lipinski definition) is 5. The summed E-state index contributed by atoms with van der Waals surface area (Å²) in [5.41, 5.74) is 0.207. The fourth-order valence-corrected chi connectivity index (χ4v) is 1.98. The second kappa shape index (κ2) is 7.26. The van der Waals surface area contributed by atoms with E-state index in [0.717, 1.165) is 10.8 Å². The van der Waals surface area contributed by atoms with Crippen molar-refractivity contribution in [2.75, 3.05) is 20.8 Å². The molecule has 0 saturated carbocycles. The zero-order chi connectivity index (χ0) is 16.8. The summed E-state index contributed by atoms with van der Waals surface area (Å²) in [6.07, 6.45) is 0. The average Bonchev–Trinajstić information content (AvgIpc) is 2.58. The molecule has 2 aromatic rings. The Morgan fingerprint density at radius 2 is 1.74 bits per heavy atom. The highest BCUT2D eigenvalue weighted by Crippen LogP contribution is 2.26. The Hall–Kier alpha value is -3.09. The summed E-state index contributed by atoms with van der Waals surface area (Å²) in [6, 6.07) is 10.0. The van der Waals surface area contributed by atoms with Crippen LogP contribution in [0.25, 0.3) is 10.8 Å². The van der Waals surface area contributed by atoms with E-state index in [4.69, 9.17) is 9.47 Å². The number of hydrogen-bond donors (Lipinski definition) is 2. The Kier molecular flexibility index (Phi) is 5.14. The highest BCUT2D eigenvalue weighted by Gasteiger charge is 2.16. The van der Waals surface area contributed by atoms with Crippen molar-refractivity contribution >= 4 is 28.7 Å². The molecule has 120 valence electrons. The third-order valence-corrected chi connectivity index (χ3v) is 3.09. The number of rotatable bonds is 4. The van der Waals surface area contributed by atoms with Gasteiger partial charge in [-0.25, -0.2) is 9.59 Å². The van der Waals surface area contributed by atoms with Gasteiger partial charge in [0.2, 0.25) is 0 Å². The van der Waals surface area contributed by atoms with E-state index in [1.807, 2.05) is 24.3 Å². The first kappa shape index (κ1) is 16.3. The summed E-state index contributed by atoms with van der Waals surface area (Å²) in [6.45, 7) is -0.407. The van der Waals surface area contributed by atoms with Gasteiger partial charge in [-0.2, -0.15) is 0 Å². The summed E-state index contributed by atoms with van der Waals surface area (Å²) in [5.74, 6) is -0.992. The molecule has 7 heteroatoms. The summed E-state index contributed by atoms with van der Waals surface area (Å²) in [5, 5.41) is 6.02. The smallest absolute Gasteiger partial charge is 0.341 e. The largest absolute Gasteiger partial charge is 0.483 e. The van der Waals surface area contributed by atoms with Crippen LogP contribution in [-0.4, -0.2) is 38.7 Å². The average molecular weight is 316 g/mol. The minimum absolute atomic E-state index is 0.207. The lowest BCUT2D eigenvalue weighted by atomic mass is 10.1. The van der Waals surface area contributed by atoms with Gasteiger partial charge in [0, 0.05) is 7.05 Å². The number of carbonyl (C=O) groups excluding carboxylic acids is 3. The van der Waals surface area contributed by atoms with E-state index < -0.39 is 24.5 Å². The van der Waals surface area contributed by atoms with Gasteiger partial charge in [0.05, 0.1) is 7.11 Å². The number of amides is 3. The molecule has 0 aliphatic carbocycles. The van der Waals surface area contributed by atoms with Crippen LogP contribution < -0.4 is 15.4 Å². The topological polar surface area (TPSA) is 93.7 Å². The van der Waals surface area contributed by atoms with E-state index in [9.17, 15) is 14.4 Å². The minimum Gasteiger partial charge on any atom is -0.483 e. The quantitative estimate of drug-likeness (QED) is 0.833. The molecule has 0 aliphatic rings. The number of methoxy groups -OCH3 is 1. The van der Waals surface area contributed by atoms with Gasteiger partial charge >= 0.3 is 12.0 Å². The summed E-state index contributed by atoms with van der Waals surface area (Å²) in [7, 11) is 2.65. The number of ether oxygens (including phenoxy) is 2. The monoisotopic (exact) mass is 316 g/mol. The van der Waals surface area contributed by atoms with Crippen molar-refractivity contribution in [3.63, 3.8) is 0 Å². The van der Waals surface area contributed by atoms with Crippen molar-refractivity contribution < 1.29 is 23.9 Å². The fourth-order valence-electron chi connectivity index (χ4n) is 1.98. The third kappa shape index (κ3) is 3.97. The highest BCUT2D eigenvalue weighted by atomic mass is 16.5. The molecule has 0 saturated heterocycles. The van der Waals surface area contributed by atoms with Gasteiger partial charge in [0.15, 0.2) is 6.61 Å². The Morgan fingerprint density at radius 3 is 2.35 bits per heavy atom. The van der Waals surface area contributed by atoms with Gasteiger partial charge in [-0.3, -0.25) is 10.1 Å². The van der Waals surface area contributed by atoms with Gasteiger partial charge in [0.1, 0.15) is 11.3 Å². The number of carbonyl (C=O) groups is 3. The zero-order valence-corrected chi connectivity index (χ0v) is 12.7. The van der Waals surface area contributed by atoms with Crippen LogP contribution in [-0.2, 0) is 9.53 Å². The standard InChI is InChI=1S/C16H16N2O5/c1-17-16(21)18-14(19)9-23-13-8-11-6-4-3-5-10(11)7-12(13)15(20)22-2/h3-8H,9H2,1-2H3,(H2,17,18,19,21). The molecule has 2 aromatic carbocycles. The maximum atomic E-state index is 11.9. The Balaban J connectivity index is 2.25. The molecule has 0 fully saturated rings. The Bertz CT molecular complexity index is 757. The molecule has 0 heterocycles. The van der Waals surface area contributed by atoms with Crippen LogP contribution in [0, 0.1) is 0 Å². The van der Waals surface area contributed by atoms with E-state index >= 15 is 0 Å². The van der Waals surface area contributed by atoms with Crippen molar-refractivity contribution in [2.45, 2.75) is 0 Å². The molecule has 0 aromatic heterocycles. The minimum atomic E-state index is -0.634. The van der Waals surface area contributed by atoms with Gasteiger partial charge in [0.25, 0.3) is 5.91 Å². The lowest BCUT2D eigenvalue weighted by Gasteiger charge is -2.11. The molecular formula is C16H16N2O5. The molecule has 23 heavy (non-hydrogen) atoms. The third-order valence-electron chi connectivity index (χ3n) is 3.09. The molecule has 0 spiro atoms. The van der Waals surface area contributed by atoms with Gasteiger partial charge in [-0.15, -0.1) is 0 Å². The predicted molar refractivity (Wildman–Crippen MR) is 83.4 cm³/mol. The van der Waals surface area contributed by atoms with Crippen LogP contribution in [0.5, 0.6) is 5.75 Å². The molecule has 0 radical (unpaired) electrons. The molecule has 0 bridgehead atoms. The van der Waals surface area contributed by atoms with Gasteiger partial charge < -0.3 is 14.8 Å². The first-order chi connectivity index (χ1) is 11.0. The molecule has 3 amide bonds. The number of imide groups is 1. The molecule has 2 N–H and O–H groups in total. The highest BCUT2D eigenvalue weighted by molar-refractivity contribution is 5.99. The summed E-state index contributed by atoms with van der Waals surface area (Å²) in [4.78, 5) is 34.5. The fraction of sp³-hybridized carbons (Fsp3) is 0.188. The van der Waals surface area contributed by atoms with Crippen LogP contribution >= 0.6 is 0 Å². The van der Waals surface area contributed by atoms with E-state index in [0.29, 0.717) is 0 Å². The molecule has 7 nitrogen and oxygen atoms in total. The summed E-state index contributed by atoms with van der Waals surface area (Å²) < 4.78 is 10.1. The van der Waals surface area contributed by atoms with Crippen LogP contribution in [0.4, 0.5) is 4.79 Å². The lowest BCUT2D eigenvalue weighted by molar-refractivity contribution is -0.122. The normalized spacial score (nSPS) is 10.0. The van der Waals surface area contributed by atoms with Gasteiger partial charge in [-0.05, 0) is 22.9 Å². The van der Waals surface area contributed by atoms with Gasteiger partial charge in [-0.1, -0.05) is 24.3 Å². The van der Waals surface area contributed by atoms with Crippen molar-refractivity contribution in [3.05, 3.63) is 42.0 Å². The SMILES string of the molecule is CNC(=O)NC(=O)COc1cc2ccccc2cc1C(=O)OC. The zero-order valence-electron chi connectivity index (χ0n) is 12.7. The van der Waals surface area contributed by atoms with E-state index in [1.165, 1.54) is 14.2 Å². The number of esters is 1.